The third kappa shape index (κ3) is 2.03. The van der Waals surface area contributed by atoms with Gasteiger partial charge in [0.05, 0.1) is 18.1 Å². The molecule has 0 unspecified atom stereocenters. The van der Waals surface area contributed by atoms with Crippen LogP contribution in [0.3, 0.4) is 0 Å². The van der Waals surface area contributed by atoms with Gasteiger partial charge in [0.15, 0.2) is 11.5 Å². The van der Waals surface area contributed by atoms with E-state index in [9.17, 15) is 4.79 Å². The molecule has 20 heavy (non-hydrogen) atoms. The van der Waals surface area contributed by atoms with Crippen molar-refractivity contribution in [2.75, 3.05) is 5.73 Å². The van der Waals surface area contributed by atoms with E-state index in [1.807, 2.05) is 13.0 Å². The van der Waals surface area contributed by atoms with Crippen molar-refractivity contribution in [2.24, 2.45) is 7.05 Å². The van der Waals surface area contributed by atoms with Crippen LogP contribution in [-0.4, -0.2) is 24.3 Å². The number of hydrogen-bond donors (Lipinski definition) is 1. The third-order valence-electron chi connectivity index (χ3n) is 3.13. The minimum absolute atomic E-state index is 0.0859. The summed E-state index contributed by atoms with van der Waals surface area (Å²) >= 11 is 0. The predicted molar refractivity (Wildman–Crippen MR) is 75.3 cm³/mol. The number of pyridine rings is 1. The Hall–Kier alpha value is -2.70. The first-order valence-electron chi connectivity index (χ1n) is 6.16. The van der Waals surface area contributed by atoms with E-state index in [0.29, 0.717) is 22.7 Å². The number of hydrogen-bond acceptors (Lipinski definition) is 5. The number of anilines is 1. The zero-order chi connectivity index (χ0) is 14.3. The van der Waals surface area contributed by atoms with E-state index in [-0.39, 0.29) is 12.1 Å². The first kappa shape index (κ1) is 12.3. The summed E-state index contributed by atoms with van der Waals surface area (Å²) in [7, 11) is 1.79. The number of nitrogens with zero attached hydrogens (tertiary/aromatic N) is 5. The van der Waals surface area contributed by atoms with Crippen molar-refractivity contribution in [3.05, 3.63) is 46.3 Å². The van der Waals surface area contributed by atoms with E-state index < -0.39 is 0 Å². The van der Waals surface area contributed by atoms with Crippen LogP contribution in [-0.2, 0) is 13.6 Å². The van der Waals surface area contributed by atoms with Crippen molar-refractivity contribution in [2.45, 2.75) is 13.5 Å². The van der Waals surface area contributed by atoms with Gasteiger partial charge in [0.2, 0.25) is 0 Å². The molecule has 0 saturated carbocycles. The number of rotatable bonds is 2. The van der Waals surface area contributed by atoms with Crippen molar-refractivity contribution in [1.82, 2.24) is 24.3 Å². The zero-order valence-electron chi connectivity index (χ0n) is 11.2. The topological polar surface area (TPSA) is 91.6 Å². The summed E-state index contributed by atoms with van der Waals surface area (Å²) in [6, 6.07) is 3.44. The first-order valence-corrected chi connectivity index (χ1v) is 6.16. The van der Waals surface area contributed by atoms with Crippen molar-refractivity contribution in [1.29, 1.82) is 0 Å². The summed E-state index contributed by atoms with van der Waals surface area (Å²) < 4.78 is 3.18. The average molecular weight is 270 g/mol. The molecule has 7 nitrogen and oxygen atoms in total. The second kappa shape index (κ2) is 4.44. The Bertz CT molecular complexity index is 848. The van der Waals surface area contributed by atoms with Gasteiger partial charge in [0.1, 0.15) is 5.82 Å². The molecule has 3 aromatic heterocycles. The Labute approximate surface area is 114 Å². The molecule has 0 saturated heterocycles. The smallest absolute Gasteiger partial charge is 0.251 e. The second-order valence-corrected chi connectivity index (χ2v) is 4.70. The maximum atomic E-state index is 11.9. The fraction of sp³-hybridized carbons (Fsp3) is 0.231. The molecule has 2 N–H and O–H groups in total. The van der Waals surface area contributed by atoms with E-state index >= 15 is 0 Å². The minimum Gasteiger partial charge on any atom is -0.383 e. The molecule has 0 aliphatic rings. The lowest BCUT2D eigenvalue weighted by atomic mass is 10.3. The lowest BCUT2D eigenvalue weighted by Gasteiger charge is -2.06. The Morgan fingerprint density at radius 3 is 2.90 bits per heavy atom. The van der Waals surface area contributed by atoms with Crippen LogP contribution in [0.2, 0.25) is 0 Å². The van der Waals surface area contributed by atoms with E-state index in [1.54, 1.807) is 34.8 Å². The van der Waals surface area contributed by atoms with Crippen LogP contribution in [0.25, 0.3) is 11.0 Å². The summed E-state index contributed by atoms with van der Waals surface area (Å²) in [5.74, 6) is 0.864. The third-order valence-corrected chi connectivity index (χ3v) is 3.13. The lowest BCUT2D eigenvalue weighted by molar-refractivity contribution is 0.710. The van der Waals surface area contributed by atoms with Gasteiger partial charge in [-0.25, -0.2) is 9.97 Å². The van der Waals surface area contributed by atoms with Crippen LogP contribution in [0.4, 0.5) is 5.82 Å². The summed E-state index contributed by atoms with van der Waals surface area (Å²) in [5, 5.41) is 4.81. The first-order chi connectivity index (χ1) is 9.54. The Kier molecular flexibility index (Phi) is 2.74. The summed E-state index contributed by atoms with van der Waals surface area (Å²) in [5.41, 5.74) is 7.39. The number of nitrogen functional groups attached to an aromatic ring is 1. The van der Waals surface area contributed by atoms with Crippen LogP contribution in [0, 0.1) is 6.92 Å². The molecule has 3 aromatic rings. The van der Waals surface area contributed by atoms with Gasteiger partial charge in [-0.05, 0) is 18.6 Å². The highest BCUT2D eigenvalue weighted by molar-refractivity contribution is 5.84. The quantitative estimate of drug-likeness (QED) is 0.730. The van der Waals surface area contributed by atoms with Gasteiger partial charge >= 0.3 is 0 Å². The molecule has 3 heterocycles. The molecule has 0 atom stereocenters. The second-order valence-electron chi connectivity index (χ2n) is 4.70. The predicted octanol–water partition coefficient (Wildman–Crippen LogP) is 0.464. The lowest BCUT2D eigenvalue weighted by Crippen LogP contribution is -2.20. The molecule has 3 rings (SSSR count). The molecule has 0 aromatic carbocycles. The number of fused-ring (bicyclic) bond motifs is 1. The van der Waals surface area contributed by atoms with Crippen molar-refractivity contribution in [3.8, 4) is 0 Å². The molecule has 0 spiro atoms. The van der Waals surface area contributed by atoms with E-state index in [1.165, 1.54) is 0 Å². The Morgan fingerprint density at radius 2 is 2.15 bits per heavy atom. The van der Waals surface area contributed by atoms with Crippen LogP contribution in [0.15, 0.2) is 29.3 Å². The highest BCUT2D eigenvalue weighted by Crippen LogP contribution is 2.16. The SMILES string of the molecule is Cc1ccn(Cc2nc(N)c3cnn(C)c3n2)c(=O)c1. The van der Waals surface area contributed by atoms with E-state index in [2.05, 4.69) is 15.1 Å². The molecular formula is C13H14N6O. The molecule has 0 fully saturated rings. The Morgan fingerprint density at radius 1 is 1.35 bits per heavy atom. The van der Waals surface area contributed by atoms with Crippen LogP contribution >= 0.6 is 0 Å². The standard InChI is InChI=1S/C13H14N6O/c1-8-3-4-19(11(20)5-8)7-10-16-12(14)9-6-15-18(2)13(9)17-10/h3-6H,7H2,1-2H3,(H2,14,16,17). The van der Waals surface area contributed by atoms with Crippen molar-refractivity contribution >= 4 is 16.9 Å². The highest BCUT2D eigenvalue weighted by atomic mass is 16.1. The molecule has 0 aliphatic carbocycles. The fourth-order valence-electron chi connectivity index (χ4n) is 2.05. The van der Waals surface area contributed by atoms with E-state index in [0.717, 1.165) is 5.56 Å². The van der Waals surface area contributed by atoms with Gasteiger partial charge in [0, 0.05) is 19.3 Å². The molecular weight excluding hydrogens is 256 g/mol. The maximum absolute atomic E-state index is 11.9. The zero-order valence-corrected chi connectivity index (χ0v) is 11.2. The highest BCUT2D eigenvalue weighted by Gasteiger charge is 2.10. The molecule has 0 amide bonds. The minimum atomic E-state index is -0.0859. The van der Waals surface area contributed by atoms with Gasteiger partial charge < -0.3 is 10.3 Å². The largest absolute Gasteiger partial charge is 0.383 e. The molecule has 0 radical (unpaired) electrons. The monoisotopic (exact) mass is 270 g/mol. The van der Waals surface area contributed by atoms with Crippen molar-refractivity contribution in [3.63, 3.8) is 0 Å². The molecule has 0 bridgehead atoms. The average Bonchev–Trinajstić information content (AvgIpc) is 2.76. The van der Waals surface area contributed by atoms with Crippen LogP contribution < -0.4 is 11.3 Å². The van der Waals surface area contributed by atoms with E-state index in [4.69, 9.17) is 5.73 Å². The molecule has 0 aliphatic heterocycles. The summed E-state index contributed by atoms with van der Waals surface area (Å²) in [4.78, 5) is 20.5. The number of nitrogens with two attached hydrogens (primary N) is 1. The fourth-order valence-corrected chi connectivity index (χ4v) is 2.05. The molecule has 7 heteroatoms. The van der Waals surface area contributed by atoms with Crippen LogP contribution in [0.5, 0.6) is 0 Å². The van der Waals surface area contributed by atoms with Crippen molar-refractivity contribution < 1.29 is 0 Å². The van der Waals surface area contributed by atoms with Gasteiger partial charge in [-0.15, -0.1) is 0 Å². The Balaban J connectivity index is 2.06. The summed E-state index contributed by atoms with van der Waals surface area (Å²) in [6.07, 6.45) is 3.36. The van der Waals surface area contributed by atoms with Gasteiger partial charge in [-0.3, -0.25) is 9.48 Å². The number of aryl methyl sites for hydroxylation is 2. The van der Waals surface area contributed by atoms with Crippen LogP contribution in [0.1, 0.15) is 11.4 Å². The van der Waals surface area contributed by atoms with Gasteiger partial charge in [-0.1, -0.05) is 0 Å². The normalized spacial score (nSPS) is 11.1. The molecule has 102 valence electrons. The maximum Gasteiger partial charge on any atom is 0.251 e. The van der Waals surface area contributed by atoms with Gasteiger partial charge in [-0.2, -0.15) is 5.10 Å². The number of aromatic nitrogens is 5. The summed E-state index contributed by atoms with van der Waals surface area (Å²) in [6.45, 7) is 2.16. The van der Waals surface area contributed by atoms with Gasteiger partial charge in [0.25, 0.3) is 5.56 Å².